The van der Waals surface area contributed by atoms with Crippen molar-refractivity contribution in [3.63, 3.8) is 0 Å². The van der Waals surface area contributed by atoms with Gasteiger partial charge in [0.1, 0.15) is 0 Å². The number of hydrogen-bond acceptors (Lipinski definition) is 5. The van der Waals surface area contributed by atoms with Crippen LogP contribution in [0.1, 0.15) is 48.0 Å². The van der Waals surface area contributed by atoms with Gasteiger partial charge in [-0.3, -0.25) is 0 Å². The van der Waals surface area contributed by atoms with E-state index in [0.717, 1.165) is 6.42 Å². The Balaban J connectivity index is 2.17. The second kappa shape index (κ2) is 8.02. The normalized spacial score (nSPS) is 49.5. The molecule has 0 aromatic heterocycles. The number of nitrogens with zero attached hydrogens (tertiary/aromatic N) is 3. The lowest BCUT2D eigenvalue weighted by Crippen LogP contribution is -2.56. The van der Waals surface area contributed by atoms with Crippen LogP contribution in [-0.4, -0.2) is 48.0 Å². The monoisotopic (exact) mass is 341 g/mol. The fraction of sp³-hybridized carbons (Fsp3) is 1.00. The van der Waals surface area contributed by atoms with Gasteiger partial charge in [-0.2, -0.15) is 0 Å². The van der Waals surface area contributed by atoms with Crippen LogP contribution in [-0.2, 0) is 14.2 Å². The highest BCUT2D eigenvalue weighted by Crippen LogP contribution is 2.37. The van der Waals surface area contributed by atoms with Crippen LogP contribution < -0.4 is 0 Å². The lowest BCUT2D eigenvalue weighted by molar-refractivity contribution is -0.300. The van der Waals surface area contributed by atoms with E-state index in [9.17, 15) is 5.11 Å². The number of rotatable bonds is 4. The van der Waals surface area contributed by atoms with Gasteiger partial charge in [0, 0.05) is 10.8 Å². The van der Waals surface area contributed by atoms with Crippen LogP contribution in [0.5, 0.6) is 0 Å². The minimum atomic E-state index is -0.488. The second-order valence-electron chi connectivity index (χ2n) is 7.36. The summed E-state index contributed by atoms with van der Waals surface area (Å²) in [7, 11) is 0. The predicted molar refractivity (Wildman–Crippen MR) is 90.3 cm³/mol. The lowest BCUT2D eigenvalue weighted by Gasteiger charge is -2.47. The summed E-state index contributed by atoms with van der Waals surface area (Å²) in [5.41, 5.74) is 8.83. The van der Waals surface area contributed by atoms with Crippen molar-refractivity contribution in [2.75, 3.05) is 0 Å². The average molecular weight is 341 g/mol. The Morgan fingerprint density at radius 1 is 1.04 bits per heavy atom. The molecule has 2 rings (SSSR count). The lowest BCUT2D eigenvalue weighted by atomic mass is 9.83. The van der Waals surface area contributed by atoms with Gasteiger partial charge in [0.15, 0.2) is 6.29 Å². The van der Waals surface area contributed by atoms with Crippen molar-refractivity contribution in [1.82, 2.24) is 0 Å². The van der Waals surface area contributed by atoms with Gasteiger partial charge < -0.3 is 19.3 Å². The van der Waals surface area contributed by atoms with Gasteiger partial charge in [0.2, 0.25) is 0 Å². The SMILES string of the molecule is CCC1O[C@H](C)C(N=[N+]=[N-])[C@@H](C)[C@@H]1O[C@@H]1OC(C)[C@@H](O)[C@H](C)C1C. The molecule has 138 valence electrons. The van der Waals surface area contributed by atoms with Crippen molar-refractivity contribution >= 4 is 0 Å². The van der Waals surface area contributed by atoms with Crippen LogP contribution in [0, 0.1) is 17.8 Å². The predicted octanol–water partition coefficient (Wildman–Crippen LogP) is 3.26. The first-order chi connectivity index (χ1) is 11.3. The molecule has 2 fully saturated rings. The fourth-order valence-corrected chi connectivity index (χ4v) is 3.91. The zero-order valence-corrected chi connectivity index (χ0v) is 15.5. The van der Waals surface area contributed by atoms with Crippen molar-refractivity contribution in [1.29, 1.82) is 0 Å². The van der Waals surface area contributed by atoms with E-state index in [0.29, 0.717) is 0 Å². The highest BCUT2D eigenvalue weighted by atomic mass is 16.7. The molecule has 0 bridgehead atoms. The molecule has 2 saturated heterocycles. The summed E-state index contributed by atoms with van der Waals surface area (Å²) >= 11 is 0. The summed E-state index contributed by atoms with van der Waals surface area (Å²) in [6.07, 6.45) is -0.742. The number of hydrogen-bond donors (Lipinski definition) is 1. The number of aliphatic hydroxyl groups excluding tert-OH is 1. The minimum absolute atomic E-state index is 0.0304. The first-order valence-electron chi connectivity index (χ1n) is 9.00. The van der Waals surface area contributed by atoms with Gasteiger partial charge in [0.25, 0.3) is 0 Å². The van der Waals surface area contributed by atoms with Crippen molar-refractivity contribution in [2.24, 2.45) is 22.9 Å². The van der Waals surface area contributed by atoms with E-state index in [1.54, 1.807) is 0 Å². The Hall–Kier alpha value is -0.850. The summed E-state index contributed by atoms with van der Waals surface area (Å²) in [4.78, 5) is 2.97. The van der Waals surface area contributed by atoms with Crippen LogP contribution in [0.25, 0.3) is 10.4 Å². The average Bonchev–Trinajstić information content (AvgIpc) is 2.56. The molecule has 2 heterocycles. The first-order valence-corrected chi connectivity index (χ1v) is 9.00. The van der Waals surface area contributed by atoms with Gasteiger partial charge in [-0.1, -0.05) is 32.8 Å². The third-order valence-corrected chi connectivity index (χ3v) is 5.80. The number of ether oxygens (including phenoxy) is 3. The van der Waals surface area contributed by atoms with Gasteiger partial charge >= 0.3 is 0 Å². The Labute approximate surface area is 144 Å². The van der Waals surface area contributed by atoms with Gasteiger partial charge in [-0.05, 0) is 37.6 Å². The summed E-state index contributed by atoms with van der Waals surface area (Å²) < 4.78 is 18.3. The van der Waals surface area contributed by atoms with Crippen LogP contribution >= 0.6 is 0 Å². The number of azide groups is 1. The molecule has 0 radical (unpaired) electrons. The molecule has 0 aromatic rings. The molecule has 0 spiro atoms. The topological polar surface area (TPSA) is 96.7 Å². The summed E-state index contributed by atoms with van der Waals surface area (Å²) in [5.74, 6) is 0.187. The van der Waals surface area contributed by atoms with Gasteiger partial charge in [-0.15, -0.1) is 0 Å². The molecule has 1 N–H and O–H groups in total. The summed E-state index contributed by atoms with van der Waals surface area (Å²) in [6.45, 7) is 12.0. The van der Waals surface area contributed by atoms with Crippen molar-refractivity contribution in [2.45, 2.75) is 90.8 Å². The van der Waals surface area contributed by atoms with Crippen LogP contribution in [0.15, 0.2) is 5.11 Å². The van der Waals surface area contributed by atoms with E-state index in [2.05, 4.69) is 16.9 Å². The van der Waals surface area contributed by atoms with Crippen LogP contribution in [0.4, 0.5) is 0 Å². The Morgan fingerprint density at radius 3 is 2.29 bits per heavy atom. The smallest absolute Gasteiger partial charge is 0.161 e. The molecule has 0 amide bonds. The highest BCUT2D eigenvalue weighted by molar-refractivity contribution is 4.94. The van der Waals surface area contributed by atoms with E-state index in [-0.39, 0.29) is 48.2 Å². The molecular weight excluding hydrogens is 310 g/mol. The van der Waals surface area contributed by atoms with Crippen LogP contribution in [0.3, 0.4) is 0 Å². The van der Waals surface area contributed by atoms with Crippen molar-refractivity contribution < 1.29 is 19.3 Å². The van der Waals surface area contributed by atoms with Crippen LogP contribution in [0.2, 0.25) is 0 Å². The molecule has 0 aliphatic carbocycles. The molecule has 7 heteroatoms. The standard InChI is InChI=1S/C17H31N3O4/c1-7-13-16(10(4)14(19-20-18)11(5)22-13)24-17-9(3)8(2)15(21)12(6)23-17/h8-17,21H,7H2,1-6H3/t8-,9?,10-,11-,12?,13?,14?,15+,16+,17+/m1/s1. The quantitative estimate of drug-likeness (QED) is 0.482. The molecule has 0 saturated carbocycles. The highest BCUT2D eigenvalue weighted by Gasteiger charge is 2.46. The molecule has 24 heavy (non-hydrogen) atoms. The zero-order valence-electron chi connectivity index (χ0n) is 15.5. The molecule has 4 unspecified atom stereocenters. The van der Waals surface area contributed by atoms with E-state index < -0.39 is 12.4 Å². The van der Waals surface area contributed by atoms with Crippen molar-refractivity contribution in [3.8, 4) is 0 Å². The second-order valence-corrected chi connectivity index (χ2v) is 7.36. The Morgan fingerprint density at radius 2 is 1.71 bits per heavy atom. The van der Waals surface area contributed by atoms with E-state index in [1.165, 1.54) is 0 Å². The Bertz CT molecular complexity index is 471. The zero-order chi connectivity index (χ0) is 18.0. The Kier molecular flexibility index (Phi) is 6.51. The van der Waals surface area contributed by atoms with Gasteiger partial charge in [0.05, 0.1) is 36.6 Å². The first kappa shape index (κ1) is 19.5. The molecule has 7 nitrogen and oxygen atoms in total. The maximum atomic E-state index is 10.2. The molecular formula is C17H31N3O4. The van der Waals surface area contributed by atoms with Crippen molar-refractivity contribution in [3.05, 3.63) is 10.4 Å². The summed E-state index contributed by atoms with van der Waals surface area (Å²) in [6, 6.07) is -0.262. The maximum absolute atomic E-state index is 10.2. The van der Waals surface area contributed by atoms with E-state index in [1.807, 2.05) is 34.6 Å². The maximum Gasteiger partial charge on any atom is 0.161 e. The summed E-state index contributed by atoms with van der Waals surface area (Å²) in [5, 5.41) is 14.1. The largest absolute Gasteiger partial charge is 0.390 e. The van der Waals surface area contributed by atoms with E-state index >= 15 is 0 Å². The minimum Gasteiger partial charge on any atom is -0.390 e. The third-order valence-electron chi connectivity index (χ3n) is 5.80. The van der Waals surface area contributed by atoms with Gasteiger partial charge in [-0.25, -0.2) is 0 Å². The molecule has 2 aliphatic heterocycles. The fourth-order valence-electron chi connectivity index (χ4n) is 3.91. The molecule has 0 aromatic carbocycles. The molecule has 2 aliphatic rings. The third kappa shape index (κ3) is 3.70. The molecule has 10 atom stereocenters. The number of aliphatic hydroxyl groups is 1. The van der Waals surface area contributed by atoms with E-state index in [4.69, 9.17) is 19.7 Å².